The summed E-state index contributed by atoms with van der Waals surface area (Å²) in [6, 6.07) is 2.97. The lowest BCUT2D eigenvalue weighted by atomic mass is 10.2. The van der Waals surface area contributed by atoms with Crippen LogP contribution in [0.25, 0.3) is 0 Å². The lowest BCUT2D eigenvalue weighted by molar-refractivity contribution is -0.139. The molecule has 2 amide bonds. The number of terminal acetylenes is 1. The minimum absolute atomic E-state index is 0.0359. The van der Waals surface area contributed by atoms with E-state index in [-0.39, 0.29) is 28.4 Å². The number of rotatable bonds is 6. The molecule has 1 aromatic carbocycles. The first kappa shape index (κ1) is 19.8. The van der Waals surface area contributed by atoms with Crippen LogP contribution in [-0.4, -0.2) is 30.7 Å². The molecular weight excluding hydrogens is 353 g/mol. The fourth-order valence-electron chi connectivity index (χ4n) is 1.51. The zero-order chi connectivity index (χ0) is 18.1. The number of benzene rings is 1. The number of hydrazone groups is 1. The number of carbonyl (C=O) groups is 2. The fourth-order valence-corrected chi connectivity index (χ4v) is 2.13. The molecule has 0 aliphatic rings. The van der Waals surface area contributed by atoms with Gasteiger partial charge in [0, 0.05) is 6.04 Å². The van der Waals surface area contributed by atoms with Crippen LogP contribution in [0, 0.1) is 12.3 Å². The molecule has 1 aromatic rings. The molecule has 0 saturated carbocycles. The van der Waals surface area contributed by atoms with Crippen LogP contribution in [0.4, 0.5) is 0 Å². The Hall–Kier alpha value is -2.23. The summed E-state index contributed by atoms with van der Waals surface area (Å²) in [6.07, 6.45) is 7.13. The van der Waals surface area contributed by atoms with Gasteiger partial charge in [-0.2, -0.15) is 5.10 Å². The molecule has 0 aromatic heterocycles. The summed E-state index contributed by atoms with van der Waals surface area (Å²) < 4.78 is 5.23. The summed E-state index contributed by atoms with van der Waals surface area (Å²) in [6.45, 7) is 3.72. The minimum atomic E-state index is -0.863. The van der Waals surface area contributed by atoms with E-state index in [1.165, 1.54) is 18.3 Å². The molecule has 0 aliphatic heterocycles. The molecule has 2 N–H and O–H groups in total. The van der Waals surface area contributed by atoms with Crippen LogP contribution in [0.5, 0.6) is 5.75 Å². The van der Waals surface area contributed by atoms with Gasteiger partial charge in [-0.3, -0.25) is 9.59 Å². The molecule has 0 radical (unpaired) electrons. The number of hydrogen-bond acceptors (Lipinski definition) is 4. The first-order valence-electron chi connectivity index (χ1n) is 7.08. The van der Waals surface area contributed by atoms with Gasteiger partial charge in [0.2, 0.25) is 0 Å². The Balaban J connectivity index is 2.69. The molecule has 0 saturated heterocycles. The van der Waals surface area contributed by atoms with Crippen LogP contribution in [-0.2, 0) is 9.59 Å². The number of nitrogens with one attached hydrogen (secondary N) is 2. The van der Waals surface area contributed by atoms with Crippen molar-refractivity contribution in [3.05, 3.63) is 27.7 Å². The summed E-state index contributed by atoms with van der Waals surface area (Å²) >= 11 is 12.1. The van der Waals surface area contributed by atoms with Gasteiger partial charge in [-0.1, -0.05) is 36.0 Å². The highest BCUT2D eigenvalue weighted by molar-refractivity contribution is 6.37. The molecule has 0 heterocycles. The standard InChI is InChI=1S/C16H17Cl2N3O3/c1-4-6-24-14-12(17)7-11(8-13(14)18)9-19-21-16(23)15(22)20-10(3)5-2/h1,7-10H,5-6H2,2-3H3,(H,20,22)(H,21,23)/b19-9-/t10-/m0/s1. The van der Waals surface area contributed by atoms with E-state index in [0.29, 0.717) is 12.0 Å². The number of amides is 2. The van der Waals surface area contributed by atoms with Gasteiger partial charge in [-0.25, -0.2) is 5.43 Å². The van der Waals surface area contributed by atoms with Gasteiger partial charge in [-0.15, -0.1) is 6.42 Å². The van der Waals surface area contributed by atoms with Crippen LogP contribution >= 0.6 is 23.2 Å². The molecule has 1 atom stereocenters. The van der Waals surface area contributed by atoms with E-state index in [2.05, 4.69) is 21.8 Å². The molecule has 0 spiro atoms. The van der Waals surface area contributed by atoms with E-state index in [9.17, 15) is 9.59 Å². The zero-order valence-electron chi connectivity index (χ0n) is 13.2. The van der Waals surface area contributed by atoms with Gasteiger partial charge in [-0.05, 0) is 31.0 Å². The summed E-state index contributed by atoms with van der Waals surface area (Å²) in [7, 11) is 0. The van der Waals surface area contributed by atoms with Crippen LogP contribution < -0.4 is 15.5 Å². The average molecular weight is 370 g/mol. The van der Waals surface area contributed by atoms with E-state index in [1.807, 2.05) is 6.92 Å². The van der Waals surface area contributed by atoms with Crippen molar-refractivity contribution in [3.63, 3.8) is 0 Å². The van der Waals surface area contributed by atoms with Crippen LogP contribution in [0.15, 0.2) is 17.2 Å². The Labute approximate surface area is 150 Å². The van der Waals surface area contributed by atoms with E-state index < -0.39 is 11.8 Å². The largest absolute Gasteiger partial charge is 0.478 e. The molecule has 0 aliphatic carbocycles. The molecule has 0 unspecified atom stereocenters. The van der Waals surface area contributed by atoms with Crippen molar-refractivity contribution in [2.45, 2.75) is 26.3 Å². The smallest absolute Gasteiger partial charge is 0.329 e. The third kappa shape index (κ3) is 6.11. The van der Waals surface area contributed by atoms with Crippen molar-refractivity contribution in [1.82, 2.24) is 10.7 Å². The highest BCUT2D eigenvalue weighted by Crippen LogP contribution is 2.33. The Kier molecular flexibility index (Phi) is 8.10. The molecule has 1 rings (SSSR count). The molecular formula is C16H17Cl2N3O3. The molecule has 128 valence electrons. The van der Waals surface area contributed by atoms with Crippen molar-refractivity contribution in [2.24, 2.45) is 5.10 Å². The molecule has 6 nitrogen and oxygen atoms in total. The highest BCUT2D eigenvalue weighted by atomic mass is 35.5. The second kappa shape index (κ2) is 9.81. The first-order valence-corrected chi connectivity index (χ1v) is 7.83. The Morgan fingerprint density at radius 3 is 2.54 bits per heavy atom. The van der Waals surface area contributed by atoms with Crippen molar-refractivity contribution in [3.8, 4) is 18.1 Å². The predicted molar refractivity (Wildman–Crippen MR) is 94.4 cm³/mol. The Morgan fingerprint density at radius 2 is 2.00 bits per heavy atom. The third-order valence-electron chi connectivity index (χ3n) is 2.90. The second-order valence-electron chi connectivity index (χ2n) is 4.79. The normalized spacial score (nSPS) is 11.6. The maximum atomic E-state index is 11.6. The quantitative estimate of drug-likeness (QED) is 0.349. The van der Waals surface area contributed by atoms with Crippen LogP contribution in [0.2, 0.25) is 10.0 Å². The number of halogens is 2. The minimum Gasteiger partial charge on any atom is -0.478 e. The van der Waals surface area contributed by atoms with E-state index in [4.69, 9.17) is 34.4 Å². The fraction of sp³-hybridized carbons (Fsp3) is 0.312. The van der Waals surface area contributed by atoms with Gasteiger partial charge < -0.3 is 10.1 Å². The maximum absolute atomic E-state index is 11.6. The second-order valence-corrected chi connectivity index (χ2v) is 5.60. The van der Waals surface area contributed by atoms with Crippen molar-refractivity contribution < 1.29 is 14.3 Å². The SMILES string of the molecule is C#CCOc1c(Cl)cc(/C=N\NC(=O)C(=O)N[C@@H](C)CC)cc1Cl. The van der Waals surface area contributed by atoms with Gasteiger partial charge >= 0.3 is 11.8 Å². The number of nitrogens with zero attached hydrogens (tertiary/aromatic N) is 1. The number of hydrogen-bond donors (Lipinski definition) is 2. The maximum Gasteiger partial charge on any atom is 0.329 e. The predicted octanol–water partition coefficient (Wildman–Crippen LogP) is 2.37. The lowest BCUT2D eigenvalue weighted by Gasteiger charge is -2.09. The highest BCUT2D eigenvalue weighted by Gasteiger charge is 2.14. The average Bonchev–Trinajstić information content (AvgIpc) is 2.53. The molecule has 8 heteroatoms. The molecule has 24 heavy (non-hydrogen) atoms. The lowest BCUT2D eigenvalue weighted by Crippen LogP contribution is -2.41. The third-order valence-corrected chi connectivity index (χ3v) is 3.46. The van der Waals surface area contributed by atoms with E-state index in [1.54, 1.807) is 6.92 Å². The number of carbonyl (C=O) groups excluding carboxylic acids is 2. The van der Waals surface area contributed by atoms with Gasteiger partial charge in [0.05, 0.1) is 16.3 Å². The van der Waals surface area contributed by atoms with Crippen LogP contribution in [0.1, 0.15) is 25.8 Å². The first-order chi connectivity index (χ1) is 11.4. The molecule has 0 fully saturated rings. The van der Waals surface area contributed by atoms with Crippen molar-refractivity contribution in [2.75, 3.05) is 6.61 Å². The van der Waals surface area contributed by atoms with Crippen molar-refractivity contribution >= 4 is 41.2 Å². The number of ether oxygens (including phenoxy) is 1. The monoisotopic (exact) mass is 369 g/mol. The summed E-state index contributed by atoms with van der Waals surface area (Å²) in [5, 5.41) is 6.72. The van der Waals surface area contributed by atoms with Gasteiger partial charge in [0.15, 0.2) is 5.75 Å². The summed E-state index contributed by atoms with van der Waals surface area (Å²) in [4.78, 5) is 23.1. The zero-order valence-corrected chi connectivity index (χ0v) is 14.7. The van der Waals surface area contributed by atoms with E-state index >= 15 is 0 Å². The Bertz CT molecular complexity index is 661. The summed E-state index contributed by atoms with van der Waals surface area (Å²) in [5.74, 6) is 0.961. The van der Waals surface area contributed by atoms with Crippen molar-refractivity contribution in [1.29, 1.82) is 0 Å². The Morgan fingerprint density at radius 1 is 1.38 bits per heavy atom. The summed E-state index contributed by atoms with van der Waals surface area (Å²) in [5.41, 5.74) is 2.64. The van der Waals surface area contributed by atoms with Crippen LogP contribution in [0.3, 0.4) is 0 Å². The van der Waals surface area contributed by atoms with Gasteiger partial charge in [0.25, 0.3) is 0 Å². The van der Waals surface area contributed by atoms with E-state index in [0.717, 1.165) is 0 Å². The molecule has 0 bridgehead atoms. The van der Waals surface area contributed by atoms with Gasteiger partial charge in [0.1, 0.15) is 6.61 Å². The topological polar surface area (TPSA) is 79.8 Å².